The van der Waals surface area contributed by atoms with E-state index in [9.17, 15) is 9.90 Å². The van der Waals surface area contributed by atoms with Crippen molar-refractivity contribution in [1.82, 2.24) is 20.2 Å². The first-order valence-electron chi connectivity index (χ1n) is 10.2. The molecule has 1 aromatic carbocycles. The van der Waals surface area contributed by atoms with Crippen LogP contribution in [0.15, 0.2) is 30.3 Å². The van der Waals surface area contributed by atoms with E-state index >= 15 is 0 Å². The number of nitrogens with zero attached hydrogens (tertiary/aromatic N) is 3. The van der Waals surface area contributed by atoms with Crippen LogP contribution in [0.1, 0.15) is 48.1 Å². The second-order valence-corrected chi connectivity index (χ2v) is 7.35. The number of hydrogen-bond acceptors (Lipinski definition) is 5. The van der Waals surface area contributed by atoms with Crippen molar-refractivity contribution >= 4 is 5.91 Å². The van der Waals surface area contributed by atoms with E-state index in [1.807, 2.05) is 37.3 Å². The summed E-state index contributed by atoms with van der Waals surface area (Å²) < 4.78 is 0. The molecular formula is C22H30N4O2. The number of carbonyl (C=O) groups is 1. The fraction of sp³-hybridized carbons (Fsp3) is 0.500. The molecule has 28 heavy (non-hydrogen) atoms. The first-order chi connectivity index (χ1) is 13.6. The van der Waals surface area contributed by atoms with Crippen LogP contribution in [0, 0.1) is 6.92 Å². The van der Waals surface area contributed by atoms with Crippen molar-refractivity contribution in [3.8, 4) is 11.3 Å². The second-order valence-electron chi connectivity index (χ2n) is 7.35. The van der Waals surface area contributed by atoms with Gasteiger partial charge in [0.05, 0.1) is 12.3 Å². The van der Waals surface area contributed by atoms with Crippen LogP contribution < -0.4 is 5.32 Å². The number of benzene rings is 1. The molecule has 1 atom stereocenters. The summed E-state index contributed by atoms with van der Waals surface area (Å²) >= 11 is 0. The highest BCUT2D eigenvalue weighted by molar-refractivity contribution is 5.95. The van der Waals surface area contributed by atoms with E-state index in [1.54, 1.807) is 0 Å². The Morgan fingerprint density at radius 3 is 2.93 bits per heavy atom. The number of aliphatic hydroxyl groups is 1. The molecule has 0 bridgehead atoms. The standard InChI is InChI=1S/C22H30N4O2/c1-3-19-14-21(25-16(2)24-19)17-7-6-8-18(13-17)22(28)23-10-12-26-11-5-4-9-20(26)15-27/h6-8,13-14,20,27H,3-5,9-12,15H2,1-2H3,(H,23,28). The van der Waals surface area contributed by atoms with Gasteiger partial charge < -0.3 is 10.4 Å². The van der Waals surface area contributed by atoms with Crippen molar-refractivity contribution in [3.63, 3.8) is 0 Å². The lowest BCUT2D eigenvalue weighted by atomic mass is 10.0. The van der Waals surface area contributed by atoms with E-state index in [2.05, 4.69) is 27.1 Å². The number of nitrogens with one attached hydrogen (secondary N) is 1. The molecule has 0 radical (unpaired) electrons. The normalized spacial score (nSPS) is 17.5. The molecule has 1 fully saturated rings. The minimum Gasteiger partial charge on any atom is -0.395 e. The largest absolute Gasteiger partial charge is 0.395 e. The Morgan fingerprint density at radius 1 is 1.29 bits per heavy atom. The van der Waals surface area contributed by atoms with E-state index in [4.69, 9.17) is 0 Å². The summed E-state index contributed by atoms with van der Waals surface area (Å²) in [7, 11) is 0. The lowest BCUT2D eigenvalue weighted by Crippen LogP contribution is -2.45. The van der Waals surface area contributed by atoms with Gasteiger partial charge in [-0.05, 0) is 50.9 Å². The molecule has 1 aliphatic heterocycles. The monoisotopic (exact) mass is 382 g/mol. The van der Waals surface area contributed by atoms with Crippen LogP contribution in [0.4, 0.5) is 0 Å². The van der Waals surface area contributed by atoms with Gasteiger partial charge in [-0.1, -0.05) is 25.5 Å². The summed E-state index contributed by atoms with van der Waals surface area (Å²) in [6.07, 6.45) is 4.21. The highest BCUT2D eigenvalue weighted by atomic mass is 16.3. The summed E-state index contributed by atoms with van der Waals surface area (Å²) in [5.74, 6) is 0.657. The number of rotatable bonds is 7. The van der Waals surface area contributed by atoms with Crippen LogP contribution >= 0.6 is 0 Å². The molecule has 3 rings (SSSR count). The lowest BCUT2D eigenvalue weighted by molar-refractivity contribution is 0.0849. The fourth-order valence-corrected chi connectivity index (χ4v) is 3.75. The molecule has 0 aliphatic carbocycles. The summed E-state index contributed by atoms with van der Waals surface area (Å²) in [6, 6.07) is 9.77. The molecule has 1 amide bonds. The molecule has 150 valence electrons. The Morgan fingerprint density at radius 2 is 2.14 bits per heavy atom. The zero-order valence-electron chi connectivity index (χ0n) is 16.8. The third-order valence-electron chi connectivity index (χ3n) is 5.32. The number of carbonyl (C=O) groups excluding carboxylic acids is 1. The van der Waals surface area contributed by atoms with E-state index in [1.165, 1.54) is 6.42 Å². The zero-order chi connectivity index (χ0) is 19.9. The smallest absolute Gasteiger partial charge is 0.251 e. The molecule has 0 spiro atoms. The van der Waals surface area contributed by atoms with Crippen LogP contribution in [-0.2, 0) is 6.42 Å². The Bertz CT molecular complexity index is 809. The van der Waals surface area contributed by atoms with Crippen LogP contribution in [0.25, 0.3) is 11.3 Å². The predicted molar refractivity (Wildman–Crippen MR) is 110 cm³/mol. The fourth-order valence-electron chi connectivity index (χ4n) is 3.75. The van der Waals surface area contributed by atoms with Gasteiger partial charge in [0.25, 0.3) is 5.91 Å². The SMILES string of the molecule is CCc1cc(-c2cccc(C(=O)NCCN3CCCCC3CO)c2)nc(C)n1. The van der Waals surface area contributed by atoms with Crippen LogP contribution in [0.5, 0.6) is 0 Å². The van der Waals surface area contributed by atoms with Crippen LogP contribution in [0.3, 0.4) is 0 Å². The molecule has 1 unspecified atom stereocenters. The average molecular weight is 383 g/mol. The van der Waals surface area contributed by atoms with Crippen molar-refractivity contribution in [2.45, 2.75) is 45.6 Å². The van der Waals surface area contributed by atoms with Gasteiger partial charge in [0.2, 0.25) is 0 Å². The van der Waals surface area contributed by atoms with E-state index < -0.39 is 0 Å². The minimum absolute atomic E-state index is 0.0825. The molecule has 6 nitrogen and oxygen atoms in total. The van der Waals surface area contributed by atoms with Crippen LogP contribution in [0.2, 0.25) is 0 Å². The Balaban J connectivity index is 1.63. The van der Waals surface area contributed by atoms with E-state index in [0.717, 1.165) is 55.1 Å². The molecule has 1 aromatic heterocycles. The lowest BCUT2D eigenvalue weighted by Gasteiger charge is -2.34. The number of likely N-dealkylation sites (tertiary alicyclic amines) is 1. The van der Waals surface area contributed by atoms with Crippen molar-refractivity contribution in [1.29, 1.82) is 0 Å². The van der Waals surface area contributed by atoms with E-state index in [0.29, 0.717) is 12.1 Å². The van der Waals surface area contributed by atoms with E-state index in [-0.39, 0.29) is 18.6 Å². The van der Waals surface area contributed by atoms with Gasteiger partial charge in [-0.15, -0.1) is 0 Å². The first kappa shape index (κ1) is 20.4. The zero-order valence-corrected chi connectivity index (χ0v) is 16.8. The molecule has 6 heteroatoms. The van der Waals surface area contributed by atoms with Crippen molar-refractivity contribution in [3.05, 3.63) is 47.4 Å². The van der Waals surface area contributed by atoms with Gasteiger partial charge in [-0.25, -0.2) is 9.97 Å². The number of aryl methyl sites for hydroxylation is 2. The molecule has 2 N–H and O–H groups in total. The third-order valence-corrected chi connectivity index (χ3v) is 5.32. The van der Waals surface area contributed by atoms with Gasteiger partial charge in [0, 0.05) is 36.0 Å². The number of amides is 1. The predicted octanol–water partition coefficient (Wildman–Crippen LogP) is 2.59. The topological polar surface area (TPSA) is 78.4 Å². The maximum absolute atomic E-state index is 12.6. The number of aliphatic hydroxyl groups excluding tert-OH is 1. The minimum atomic E-state index is -0.0825. The van der Waals surface area contributed by atoms with Gasteiger partial charge in [0.1, 0.15) is 5.82 Å². The maximum Gasteiger partial charge on any atom is 0.251 e. The van der Waals surface area contributed by atoms with Gasteiger partial charge in [-0.2, -0.15) is 0 Å². The highest BCUT2D eigenvalue weighted by Crippen LogP contribution is 2.20. The summed E-state index contributed by atoms with van der Waals surface area (Å²) in [5, 5.41) is 12.5. The summed E-state index contributed by atoms with van der Waals surface area (Å²) in [6.45, 7) is 6.48. The molecule has 1 aliphatic rings. The van der Waals surface area contributed by atoms with Crippen molar-refractivity contribution in [2.75, 3.05) is 26.2 Å². The Hall–Kier alpha value is -2.31. The van der Waals surface area contributed by atoms with Gasteiger partial charge >= 0.3 is 0 Å². The molecule has 2 heterocycles. The summed E-state index contributed by atoms with van der Waals surface area (Å²) in [5.41, 5.74) is 3.39. The van der Waals surface area contributed by atoms with Gasteiger partial charge in [-0.3, -0.25) is 9.69 Å². The molecular weight excluding hydrogens is 352 g/mol. The number of hydrogen-bond donors (Lipinski definition) is 2. The first-order valence-corrected chi connectivity index (χ1v) is 10.2. The van der Waals surface area contributed by atoms with Crippen molar-refractivity contribution < 1.29 is 9.90 Å². The van der Waals surface area contributed by atoms with Crippen LogP contribution in [-0.4, -0.2) is 58.2 Å². The summed E-state index contributed by atoms with van der Waals surface area (Å²) in [4.78, 5) is 23.8. The quantitative estimate of drug-likeness (QED) is 0.770. The Kier molecular flexibility index (Phi) is 7.12. The van der Waals surface area contributed by atoms with Gasteiger partial charge in [0.15, 0.2) is 0 Å². The number of piperidine rings is 1. The molecule has 2 aromatic rings. The highest BCUT2D eigenvalue weighted by Gasteiger charge is 2.21. The second kappa shape index (κ2) is 9.75. The van der Waals surface area contributed by atoms with Crippen molar-refractivity contribution in [2.24, 2.45) is 0 Å². The average Bonchev–Trinajstić information content (AvgIpc) is 2.73. The molecule has 0 saturated carbocycles. The number of aromatic nitrogens is 2. The molecule has 1 saturated heterocycles. The Labute approximate surface area is 167 Å². The third kappa shape index (κ3) is 5.14. The maximum atomic E-state index is 12.6.